The summed E-state index contributed by atoms with van der Waals surface area (Å²) in [6.45, 7) is 18.3. The van der Waals surface area contributed by atoms with Gasteiger partial charge in [-0.25, -0.2) is 0 Å². The molecule has 2 bridgehead atoms. The molecule has 0 aromatic carbocycles. The maximum absolute atomic E-state index is 2.77. The van der Waals surface area contributed by atoms with Gasteiger partial charge in [0.2, 0.25) is 0 Å². The molecule has 0 radical (unpaired) electrons. The summed E-state index contributed by atoms with van der Waals surface area (Å²) in [7, 11) is 0. The molecule has 0 aromatic heterocycles. The highest BCUT2D eigenvalue weighted by molar-refractivity contribution is 5.00. The van der Waals surface area contributed by atoms with Crippen LogP contribution in [0.25, 0.3) is 0 Å². The van der Waals surface area contributed by atoms with Gasteiger partial charge in [0, 0.05) is 37.8 Å². The van der Waals surface area contributed by atoms with Crippen molar-refractivity contribution in [1.29, 1.82) is 0 Å². The maximum Gasteiger partial charge on any atom is 0.0277 e. The van der Waals surface area contributed by atoms with Gasteiger partial charge in [-0.2, -0.15) is 0 Å². The minimum Gasteiger partial charge on any atom is -0.299 e. The molecule has 3 aliphatic rings. The van der Waals surface area contributed by atoms with Gasteiger partial charge in [0.05, 0.1) is 0 Å². The van der Waals surface area contributed by atoms with Gasteiger partial charge in [0.15, 0.2) is 0 Å². The van der Waals surface area contributed by atoms with E-state index in [4.69, 9.17) is 0 Å². The Morgan fingerprint density at radius 3 is 2.33 bits per heavy atom. The summed E-state index contributed by atoms with van der Waals surface area (Å²) in [6, 6.07) is 2.18. The first-order valence-electron chi connectivity index (χ1n) is 7.85. The fraction of sp³-hybridized carbons (Fsp3) is 1.00. The molecule has 3 aliphatic heterocycles. The maximum atomic E-state index is 2.77. The summed E-state index contributed by atoms with van der Waals surface area (Å²) in [5.74, 6) is 0.871. The largest absolute Gasteiger partial charge is 0.299 e. The lowest BCUT2D eigenvalue weighted by Gasteiger charge is -2.49. The van der Waals surface area contributed by atoms with E-state index in [-0.39, 0.29) is 0 Å². The topological polar surface area (TPSA) is 6.48 Å². The molecule has 2 heteroatoms. The van der Waals surface area contributed by atoms with Crippen molar-refractivity contribution < 1.29 is 0 Å². The van der Waals surface area contributed by atoms with E-state index < -0.39 is 0 Å². The molecule has 0 N–H and O–H groups in total. The third kappa shape index (κ3) is 2.60. The van der Waals surface area contributed by atoms with Crippen molar-refractivity contribution in [3.05, 3.63) is 0 Å². The van der Waals surface area contributed by atoms with Gasteiger partial charge in [-0.15, -0.1) is 0 Å². The van der Waals surface area contributed by atoms with Crippen molar-refractivity contribution in [1.82, 2.24) is 9.80 Å². The zero-order chi connectivity index (χ0) is 13.5. The molecule has 0 aromatic rings. The molecule has 3 rings (SSSR count). The molecule has 3 heterocycles. The van der Waals surface area contributed by atoms with E-state index in [0.29, 0.717) is 11.5 Å². The standard InChI is InChI=1S/C16H32N2/c1-7-13(4)17-9-14-8-16(5,6)15(11-17)18(10-14)12(2)3/h12-15H,7-11H2,1-6H3. The van der Waals surface area contributed by atoms with Gasteiger partial charge in [-0.05, 0) is 44.9 Å². The number of rotatable bonds is 3. The van der Waals surface area contributed by atoms with E-state index in [9.17, 15) is 0 Å². The zero-order valence-electron chi connectivity index (χ0n) is 13.2. The number of hydrogen-bond donors (Lipinski definition) is 0. The predicted molar refractivity (Wildman–Crippen MR) is 78.8 cm³/mol. The molecule has 3 fully saturated rings. The minimum absolute atomic E-state index is 0.482. The second-order valence-corrected chi connectivity index (χ2v) is 7.58. The number of nitrogens with zero attached hydrogens (tertiary/aromatic N) is 2. The van der Waals surface area contributed by atoms with Crippen LogP contribution in [0.5, 0.6) is 0 Å². The normalized spacial score (nSPS) is 34.8. The highest BCUT2D eigenvalue weighted by Crippen LogP contribution is 2.42. The van der Waals surface area contributed by atoms with E-state index in [0.717, 1.165) is 18.0 Å². The molecule has 0 aliphatic carbocycles. The molecule has 18 heavy (non-hydrogen) atoms. The van der Waals surface area contributed by atoms with Gasteiger partial charge in [-0.3, -0.25) is 9.80 Å². The zero-order valence-corrected chi connectivity index (χ0v) is 13.2. The van der Waals surface area contributed by atoms with Crippen molar-refractivity contribution in [2.24, 2.45) is 11.3 Å². The minimum atomic E-state index is 0.482. The Morgan fingerprint density at radius 1 is 1.11 bits per heavy atom. The van der Waals surface area contributed by atoms with Crippen LogP contribution in [-0.4, -0.2) is 47.6 Å². The fourth-order valence-corrected chi connectivity index (χ4v) is 4.11. The molecule has 106 valence electrons. The van der Waals surface area contributed by atoms with Crippen molar-refractivity contribution in [2.75, 3.05) is 19.6 Å². The Hall–Kier alpha value is -0.0800. The van der Waals surface area contributed by atoms with Crippen LogP contribution in [0.15, 0.2) is 0 Å². The second kappa shape index (κ2) is 5.13. The summed E-state index contributed by atoms with van der Waals surface area (Å²) >= 11 is 0. The highest BCUT2D eigenvalue weighted by atomic mass is 15.3. The van der Waals surface area contributed by atoms with Gasteiger partial charge in [0.25, 0.3) is 0 Å². The molecule has 3 saturated heterocycles. The average molecular weight is 252 g/mol. The van der Waals surface area contributed by atoms with Crippen LogP contribution in [0, 0.1) is 11.3 Å². The second-order valence-electron chi connectivity index (χ2n) is 7.58. The first-order valence-corrected chi connectivity index (χ1v) is 7.85. The fourth-order valence-electron chi connectivity index (χ4n) is 4.11. The monoisotopic (exact) mass is 252 g/mol. The van der Waals surface area contributed by atoms with E-state index >= 15 is 0 Å². The third-order valence-corrected chi connectivity index (χ3v) is 5.36. The molecule has 0 amide bonds. The molecule has 3 atom stereocenters. The van der Waals surface area contributed by atoms with Crippen LogP contribution in [0.2, 0.25) is 0 Å². The molecule has 3 unspecified atom stereocenters. The Labute approximate surface area is 114 Å². The Morgan fingerprint density at radius 2 is 1.78 bits per heavy atom. The smallest absolute Gasteiger partial charge is 0.0277 e. The lowest BCUT2D eigenvalue weighted by atomic mass is 9.73. The van der Waals surface area contributed by atoms with Crippen LogP contribution in [-0.2, 0) is 0 Å². The van der Waals surface area contributed by atoms with Crippen LogP contribution in [0.3, 0.4) is 0 Å². The highest BCUT2D eigenvalue weighted by Gasteiger charge is 2.46. The summed E-state index contributed by atoms with van der Waals surface area (Å²) < 4.78 is 0. The van der Waals surface area contributed by atoms with E-state index in [1.54, 1.807) is 0 Å². The van der Waals surface area contributed by atoms with Crippen molar-refractivity contribution >= 4 is 0 Å². The van der Waals surface area contributed by atoms with Gasteiger partial charge >= 0.3 is 0 Å². The molecular weight excluding hydrogens is 220 g/mol. The summed E-state index contributed by atoms with van der Waals surface area (Å²) in [6.07, 6.45) is 2.69. The molecule has 0 saturated carbocycles. The van der Waals surface area contributed by atoms with Crippen molar-refractivity contribution in [3.63, 3.8) is 0 Å². The Bertz CT molecular complexity index is 285. The van der Waals surface area contributed by atoms with Crippen LogP contribution < -0.4 is 0 Å². The third-order valence-electron chi connectivity index (χ3n) is 5.36. The van der Waals surface area contributed by atoms with Gasteiger partial charge in [-0.1, -0.05) is 20.8 Å². The number of piperidine rings is 1. The summed E-state index contributed by atoms with van der Waals surface area (Å²) in [5, 5.41) is 0. The van der Waals surface area contributed by atoms with Crippen LogP contribution in [0.1, 0.15) is 54.4 Å². The van der Waals surface area contributed by atoms with Crippen LogP contribution in [0.4, 0.5) is 0 Å². The van der Waals surface area contributed by atoms with Gasteiger partial charge < -0.3 is 0 Å². The van der Waals surface area contributed by atoms with Crippen molar-refractivity contribution in [3.8, 4) is 0 Å². The molecular formula is C16H32N2. The first kappa shape index (κ1) is 14.3. The molecule has 0 spiro atoms. The van der Waals surface area contributed by atoms with Crippen LogP contribution >= 0.6 is 0 Å². The van der Waals surface area contributed by atoms with Gasteiger partial charge in [0.1, 0.15) is 0 Å². The number of hydrogen-bond acceptors (Lipinski definition) is 2. The quantitative estimate of drug-likeness (QED) is 0.761. The summed E-state index contributed by atoms with van der Waals surface area (Å²) in [4.78, 5) is 5.53. The Balaban J connectivity index is 2.22. The first-order chi connectivity index (χ1) is 8.35. The lowest BCUT2D eigenvalue weighted by Crippen LogP contribution is -2.56. The van der Waals surface area contributed by atoms with E-state index in [1.807, 2.05) is 0 Å². The van der Waals surface area contributed by atoms with Crippen molar-refractivity contribution in [2.45, 2.75) is 72.5 Å². The number of fused-ring (bicyclic) bond motifs is 4. The lowest BCUT2D eigenvalue weighted by molar-refractivity contribution is 0.00274. The van der Waals surface area contributed by atoms with E-state index in [2.05, 4.69) is 51.3 Å². The SMILES string of the molecule is CCC(C)N1CC2CN(C(C)C)C(C1)C(C)(C)C2. The molecule has 2 nitrogen and oxygen atoms in total. The van der Waals surface area contributed by atoms with E-state index in [1.165, 1.54) is 32.5 Å². The Kier molecular flexibility index (Phi) is 4.08. The summed E-state index contributed by atoms with van der Waals surface area (Å²) in [5.41, 5.74) is 0.482. The predicted octanol–water partition coefficient (Wildman–Crippen LogP) is 3.23. The average Bonchev–Trinajstić information content (AvgIpc) is 2.54.